The van der Waals surface area contributed by atoms with Gasteiger partial charge in [-0.05, 0) is 36.5 Å². The molecule has 1 heterocycles. The van der Waals surface area contributed by atoms with Crippen LogP contribution in [0.5, 0.6) is 0 Å². The van der Waals surface area contributed by atoms with E-state index in [2.05, 4.69) is 37.8 Å². The van der Waals surface area contributed by atoms with Gasteiger partial charge in [0.05, 0.1) is 11.3 Å². The minimum Gasteiger partial charge on any atom is -0.370 e. The zero-order chi connectivity index (χ0) is 11.8. The second kappa shape index (κ2) is 3.83. The second-order valence-corrected chi connectivity index (χ2v) is 5.47. The Labute approximate surface area is 97.5 Å². The highest BCUT2D eigenvalue weighted by Gasteiger charge is 2.30. The Hall–Kier alpha value is -1.49. The Morgan fingerprint density at radius 3 is 2.69 bits per heavy atom. The van der Waals surface area contributed by atoms with Crippen LogP contribution in [-0.2, 0) is 0 Å². The van der Waals surface area contributed by atoms with Gasteiger partial charge in [-0.2, -0.15) is 5.26 Å². The lowest BCUT2D eigenvalue weighted by Crippen LogP contribution is -2.23. The topological polar surface area (TPSA) is 27.0 Å². The van der Waals surface area contributed by atoms with E-state index in [0.29, 0.717) is 5.41 Å². The molecule has 1 aliphatic heterocycles. The van der Waals surface area contributed by atoms with Crippen molar-refractivity contribution in [2.75, 3.05) is 18.0 Å². The first-order valence-electron chi connectivity index (χ1n) is 5.77. The molecule has 2 heteroatoms. The van der Waals surface area contributed by atoms with E-state index in [1.165, 1.54) is 12.0 Å². The summed E-state index contributed by atoms with van der Waals surface area (Å²) in [6.07, 6.45) is 1.20. The highest BCUT2D eigenvalue weighted by molar-refractivity contribution is 5.61. The van der Waals surface area contributed by atoms with Gasteiger partial charge in [0.2, 0.25) is 0 Å². The van der Waals surface area contributed by atoms with Crippen molar-refractivity contribution in [2.24, 2.45) is 5.41 Å². The van der Waals surface area contributed by atoms with E-state index < -0.39 is 0 Å². The molecule has 0 radical (unpaired) electrons. The first kappa shape index (κ1) is 11.0. The molecular weight excluding hydrogens is 196 g/mol. The Kier molecular flexibility index (Phi) is 2.63. The van der Waals surface area contributed by atoms with E-state index in [9.17, 15) is 0 Å². The lowest BCUT2D eigenvalue weighted by atomic mass is 9.93. The summed E-state index contributed by atoms with van der Waals surface area (Å²) in [4.78, 5) is 2.34. The fourth-order valence-electron chi connectivity index (χ4n) is 2.32. The fourth-order valence-corrected chi connectivity index (χ4v) is 2.32. The van der Waals surface area contributed by atoms with Gasteiger partial charge in [-0.3, -0.25) is 0 Å². The second-order valence-electron chi connectivity index (χ2n) is 5.47. The molecule has 84 valence electrons. The van der Waals surface area contributed by atoms with E-state index in [1.54, 1.807) is 0 Å². The zero-order valence-corrected chi connectivity index (χ0v) is 10.2. The van der Waals surface area contributed by atoms with E-state index in [-0.39, 0.29) is 0 Å². The summed E-state index contributed by atoms with van der Waals surface area (Å²) >= 11 is 0. The molecule has 0 N–H and O–H groups in total. The van der Waals surface area contributed by atoms with E-state index in [1.807, 2.05) is 12.1 Å². The molecule has 1 fully saturated rings. The Bertz CT molecular complexity index is 441. The normalized spacial score (nSPS) is 18.5. The maximum absolute atomic E-state index is 9.12. The number of hydrogen-bond donors (Lipinski definition) is 0. The van der Waals surface area contributed by atoms with Crippen molar-refractivity contribution in [2.45, 2.75) is 27.2 Å². The van der Waals surface area contributed by atoms with Crippen LogP contribution in [0.25, 0.3) is 0 Å². The molecule has 16 heavy (non-hydrogen) atoms. The summed E-state index contributed by atoms with van der Waals surface area (Å²) in [5.74, 6) is 0. The van der Waals surface area contributed by atoms with Crippen LogP contribution in [0.1, 0.15) is 31.4 Å². The largest absolute Gasteiger partial charge is 0.370 e. The third-order valence-corrected chi connectivity index (χ3v) is 3.29. The lowest BCUT2D eigenvalue weighted by Gasteiger charge is -2.22. The molecule has 0 unspecified atom stereocenters. The maximum Gasteiger partial charge on any atom is 0.101 e. The van der Waals surface area contributed by atoms with Crippen molar-refractivity contribution >= 4 is 5.69 Å². The summed E-state index contributed by atoms with van der Waals surface area (Å²) in [5.41, 5.74) is 3.49. The smallest absolute Gasteiger partial charge is 0.101 e. The average Bonchev–Trinajstić information content (AvgIpc) is 2.59. The molecule has 1 aliphatic rings. The monoisotopic (exact) mass is 214 g/mol. The molecule has 1 aromatic carbocycles. The van der Waals surface area contributed by atoms with Crippen LogP contribution < -0.4 is 4.90 Å². The minimum absolute atomic E-state index is 0.371. The van der Waals surface area contributed by atoms with Gasteiger partial charge in [-0.1, -0.05) is 19.9 Å². The summed E-state index contributed by atoms with van der Waals surface area (Å²) in [6.45, 7) is 8.76. The number of rotatable bonds is 1. The quantitative estimate of drug-likeness (QED) is 0.718. The van der Waals surface area contributed by atoms with Crippen molar-refractivity contribution in [3.05, 3.63) is 29.3 Å². The van der Waals surface area contributed by atoms with Gasteiger partial charge in [0.25, 0.3) is 0 Å². The Balaban J connectivity index is 2.34. The van der Waals surface area contributed by atoms with Crippen LogP contribution in [-0.4, -0.2) is 13.1 Å². The third kappa shape index (κ3) is 2.04. The zero-order valence-electron chi connectivity index (χ0n) is 10.2. The number of aryl methyl sites for hydroxylation is 1. The highest BCUT2D eigenvalue weighted by Crippen LogP contribution is 2.34. The van der Waals surface area contributed by atoms with Crippen LogP contribution in [0.4, 0.5) is 5.69 Å². The predicted molar refractivity (Wildman–Crippen MR) is 66.5 cm³/mol. The maximum atomic E-state index is 9.12. The van der Waals surface area contributed by atoms with Crippen LogP contribution in [0.15, 0.2) is 18.2 Å². The summed E-state index contributed by atoms with van der Waals surface area (Å²) in [6, 6.07) is 8.34. The number of nitrogens with zero attached hydrogens (tertiary/aromatic N) is 2. The number of hydrogen-bond acceptors (Lipinski definition) is 2. The molecular formula is C14H18N2. The molecule has 0 aliphatic carbocycles. The molecule has 0 atom stereocenters. The van der Waals surface area contributed by atoms with Gasteiger partial charge >= 0.3 is 0 Å². The van der Waals surface area contributed by atoms with Crippen molar-refractivity contribution < 1.29 is 0 Å². The fraction of sp³-hybridized carbons (Fsp3) is 0.500. The summed E-state index contributed by atoms with van der Waals surface area (Å²) < 4.78 is 0. The lowest BCUT2D eigenvalue weighted by molar-refractivity contribution is 0.418. The van der Waals surface area contributed by atoms with Crippen LogP contribution in [0.2, 0.25) is 0 Å². The minimum atomic E-state index is 0.371. The molecule has 0 bridgehead atoms. The number of benzene rings is 1. The van der Waals surface area contributed by atoms with Crippen LogP contribution >= 0.6 is 0 Å². The first-order chi connectivity index (χ1) is 7.52. The molecule has 1 aromatic rings. The average molecular weight is 214 g/mol. The van der Waals surface area contributed by atoms with Crippen LogP contribution in [0, 0.1) is 23.7 Å². The van der Waals surface area contributed by atoms with Crippen LogP contribution in [0.3, 0.4) is 0 Å². The highest BCUT2D eigenvalue weighted by atomic mass is 15.2. The molecule has 0 saturated carbocycles. The predicted octanol–water partition coefficient (Wildman–Crippen LogP) is 3.10. The molecule has 0 spiro atoms. The van der Waals surface area contributed by atoms with Gasteiger partial charge in [0.1, 0.15) is 6.07 Å². The molecule has 0 aromatic heterocycles. The number of nitriles is 1. The van der Waals surface area contributed by atoms with Crippen molar-refractivity contribution in [1.29, 1.82) is 5.26 Å². The van der Waals surface area contributed by atoms with Gasteiger partial charge in [0.15, 0.2) is 0 Å². The van der Waals surface area contributed by atoms with Crippen molar-refractivity contribution in [3.8, 4) is 6.07 Å². The molecule has 1 saturated heterocycles. The molecule has 2 rings (SSSR count). The summed E-state index contributed by atoms with van der Waals surface area (Å²) in [5, 5.41) is 9.12. The van der Waals surface area contributed by atoms with E-state index in [4.69, 9.17) is 5.26 Å². The Morgan fingerprint density at radius 1 is 1.38 bits per heavy atom. The first-order valence-corrected chi connectivity index (χ1v) is 5.77. The SMILES string of the molecule is Cc1ccc(C#N)c(N2CCC(C)(C)C2)c1. The van der Waals surface area contributed by atoms with Gasteiger partial charge in [0, 0.05) is 13.1 Å². The standard InChI is InChI=1S/C14H18N2/c1-11-4-5-12(9-15)13(8-11)16-7-6-14(2,3)10-16/h4-5,8H,6-7,10H2,1-3H3. The number of anilines is 1. The Morgan fingerprint density at radius 2 is 2.12 bits per heavy atom. The van der Waals surface area contributed by atoms with Gasteiger partial charge in [-0.25, -0.2) is 0 Å². The van der Waals surface area contributed by atoms with E-state index in [0.717, 1.165) is 24.3 Å². The van der Waals surface area contributed by atoms with E-state index >= 15 is 0 Å². The summed E-state index contributed by atoms with van der Waals surface area (Å²) in [7, 11) is 0. The molecule has 0 amide bonds. The van der Waals surface area contributed by atoms with Crippen molar-refractivity contribution in [1.82, 2.24) is 0 Å². The van der Waals surface area contributed by atoms with Crippen molar-refractivity contribution in [3.63, 3.8) is 0 Å². The van der Waals surface area contributed by atoms with Gasteiger partial charge in [-0.15, -0.1) is 0 Å². The third-order valence-electron chi connectivity index (χ3n) is 3.29. The van der Waals surface area contributed by atoms with Gasteiger partial charge < -0.3 is 4.90 Å². The molecule has 2 nitrogen and oxygen atoms in total.